The second-order valence-corrected chi connectivity index (χ2v) is 5.36. The summed E-state index contributed by atoms with van der Waals surface area (Å²) in [4.78, 5) is 2.34. The SMILES string of the molecule is CCCCN(c1ccccc1)c1ccc([C@H](O)CC)cc1. The van der Waals surface area contributed by atoms with E-state index in [0.717, 1.165) is 24.9 Å². The van der Waals surface area contributed by atoms with Crippen molar-refractivity contribution in [2.75, 3.05) is 11.4 Å². The number of nitrogens with zero attached hydrogens (tertiary/aromatic N) is 1. The van der Waals surface area contributed by atoms with Crippen molar-refractivity contribution in [3.8, 4) is 0 Å². The Hall–Kier alpha value is -1.80. The maximum absolute atomic E-state index is 9.90. The fourth-order valence-electron chi connectivity index (χ4n) is 2.44. The van der Waals surface area contributed by atoms with Gasteiger partial charge in [-0.1, -0.05) is 50.6 Å². The van der Waals surface area contributed by atoms with Crippen LogP contribution < -0.4 is 4.90 Å². The summed E-state index contributed by atoms with van der Waals surface area (Å²) in [7, 11) is 0. The number of unbranched alkanes of at least 4 members (excludes halogenated alkanes) is 1. The Morgan fingerprint density at radius 2 is 1.52 bits per heavy atom. The number of benzene rings is 2. The van der Waals surface area contributed by atoms with E-state index in [1.807, 2.05) is 25.1 Å². The van der Waals surface area contributed by atoms with Crippen molar-refractivity contribution in [3.63, 3.8) is 0 Å². The Kier molecular flexibility index (Phi) is 5.82. The van der Waals surface area contributed by atoms with Crippen molar-refractivity contribution in [1.29, 1.82) is 0 Å². The van der Waals surface area contributed by atoms with Gasteiger partial charge in [0, 0.05) is 17.9 Å². The summed E-state index contributed by atoms with van der Waals surface area (Å²) < 4.78 is 0. The van der Waals surface area contributed by atoms with Gasteiger partial charge >= 0.3 is 0 Å². The normalized spacial score (nSPS) is 12.1. The summed E-state index contributed by atoms with van der Waals surface area (Å²) >= 11 is 0. The highest BCUT2D eigenvalue weighted by molar-refractivity contribution is 5.63. The highest BCUT2D eigenvalue weighted by Crippen LogP contribution is 2.27. The van der Waals surface area contributed by atoms with Crippen LogP contribution in [0.4, 0.5) is 11.4 Å². The van der Waals surface area contributed by atoms with Gasteiger partial charge in [0.1, 0.15) is 0 Å². The van der Waals surface area contributed by atoms with Crippen LogP contribution in [0.15, 0.2) is 54.6 Å². The van der Waals surface area contributed by atoms with Crippen LogP contribution in [-0.2, 0) is 0 Å². The lowest BCUT2D eigenvalue weighted by Gasteiger charge is -2.25. The molecular formula is C19H25NO. The van der Waals surface area contributed by atoms with Crippen LogP contribution in [0.3, 0.4) is 0 Å². The number of aliphatic hydroxyl groups is 1. The van der Waals surface area contributed by atoms with Crippen LogP contribution in [0.2, 0.25) is 0 Å². The lowest BCUT2D eigenvalue weighted by atomic mass is 10.1. The molecule has 1 N–H and O–H groups in total. The predicted molar refractivity (Wildman–Crippen MR) is 90.0 cm³/mol. The molecule has 0 aliphatic rings. The molecule has 0 heterocycles. The average molecular weight is 283 g/mol. The molecule has 2 aromatic carbocycles. The molecule has 2 heteroatoms. The molecule has 0 saturated heterocycles. The topological polar surface area (TPSA) is 23.5 Å². The van der Waals surface area contributed by atoms with Crippen LogP contribution in [0, 0.1) is 0 Å². The van der Waals surface area contributed by atoms with Crippen molar-refractivity contribution >= 4 is 11.4 Å². The van der Waals surface area contributed by atoms with Crippen LogP contribution >= 0.6 is 0 Å². The van der Waals surface area contributed by atoms with E-state index in [9.17, 15) is 5.11 Å². The van der Waals surface area contributed by atoms with Crippen molar-refractivity contribution in [2.24, 2.45) is 0 Å². The third-order valence-electron chi connectivity index (χ3n) is 3.78. The first-order chi connectivity index (χ1) is 10.3. The Labute approximate surface area is 128 Å². The molecule has 112 valence electrons. The Morgan fingerprint density at radius 3 is 2.10 bits per heavy atom. The van der Waals surface area contributed by atoms with Gasteiger partial charge in [0.15, 0.2) is 0 Å². The van der Waals surface area contributed by atoms with Gasteiger partial charge in [-0.2, -0.15) is 0 Å². The first-order valence-electron chi connectivity index (χ1n) is 7.86. The van der Waals surface area contributed by atoms with Gasteiger partial charge in [-0.25, -0.2) is 0 Å². The van der Waals surface area contributed by atoms with Gasteiger partial charge in [-0.3, -0.25) is 0 Å². The van der Waals surface area contributed by atoms with Crippen LogP contribution in [0.1, 0.15) is 44.8 Å². The fraction of sp³-hybridized carbons (Fsp3) is 0.368. The highest BCUT2D eigenvalue weighted by atomic mass is 16.3. The molecule has 0 unspecified atom stereocenters. The predicted octanol–water partition coefficient (Wildman–Crippen LogP) is 5.07. The standard InChI is InChI=1S/C19H25NO/c1-3-5-15-20(17-9-7-6-8-10-17)18-13-11-16(12-14-18)19(21)4-2/h6-14,19,21H,3-5,15H2,1-2H3/t19-/m1/s1. The summed E-state index contributed by atoms with van der Waals surface area (Å²) in [5.41, 5.74) is 3.39. The van der Waals surface area contributed by atoms with Crippen molar-refractivity contribution < 1.29 is 5.11 Å². The van der Waals surface area contributed by atoms with E-state index in [1.54, 1.807) is 0 Å². The number of rotatable bonds is 7. The Balaban J connectivity index is 2.24. The third kappa shape index (κ3) is 4.08. The van der Waals surface area contributed by atoms with Gasteiger partial charge in [0.05, 0.1) is 6.10 Å². The monoisotopic (exact) mass is 283 g/mol. The average Bonchev–Trinajstić information content (AvgIpc) is 2.56. The lowest BCUT2D eigenvalue weighted by molar-refractivity contribution is 0.173. The lowest BCUT2D eigenvalue weighted by Crippen LogP contribution is -2.18. The van der Waals surface area contributed by atoms with Crippen molar-refractivity contribution in [2.45, 2.75) is 39.2 Å². The highest BCUT2D eigenvalue weighted by Gasteiger charge is 2.10. The Bertz CT molecular complexity index is 521. The molecule has 2 aromatic rings. The van der Waals surface area contributed by atoms with Crippen LogP contribution in [0.5, 0.6) is 0 Å². The van der Waals surface area contributed by atoms with Gasteiger partial charge < -0.3 is 10.0 Å². The van der Waals surface area contributed by atoms with E-state index in [4.69, 9.17) is 0 Å². The van der Waals surface area contributed by atoms with E-state index < -0.39 is 0 Å². The van der Waals surface area contributed by atoms with E-state index in [0.29, 0.717) is 0 Å². The second-order valence-electron chi connectivity index (χ2n) is 5.36. The summed E-state index contributed by atoms with van der Waals surface area (Å²) in [5, 5.41) is 9.90. The molecule has 2 rings (SSSR count). The number of hydrogen-bond acceptors (Lipinski definition) is 2. The zero-order valence-electron chi connectivity index (χ0n) is 13.0. The molecule has 0 spiro atoms. The van der Waals surface area contributed by atoms with E-state index in [1.165, 1.54) is 17.8 Å². The maximum Gasteiger partial charge on any atom is 0.0787 e. The molecule has 21 heavy (non-hydrogen) atoms. The molecule has 0 aliphatic heterocycles. The minimum Gasteiger partial charge on any atom is -0.388 e. The largest absolute Gasteiger partial charge is 0.388 e. The van der Waals surface area contributed by atoms with Crippen LogP contribution in [-0.4, -0.2) is 11.7 Å². The van der Waals surface area contributed by atoms with Gasteiger partial charge in [0.25, 0.3) is 0 Å². The third-order valence-corrected chi connectivity index (χ3v) is 3.78. The quantitative estimate of drug-likeness (QED) is 0.767. The first kappa shape index (κ1) is 15.6. The molecule has 0 aromatic heterocycles. The fourth-order valence-corrected chi connectivity index (χ4v) is 2.44. The minimum absolute atomic E-state index is 0.361. The minimum atomic E-state index is -0.361. The molecule has 0 saturated carbocycles. The number of anilines is 2. The first-order valence-corrected chi connectivity index (χ1v) is 7.86. The van der Waals surface area contributed by atoms with Crippen LogP contribution in [0.25, 0.3) is 0 Å². The van der Waals surface area contributed by atoms with Gasteiger partial charge in [-0.05, 0) is 42.7 Å². The zero-order valence-corrected chi connectivity index (χ0v) is 13.0. The molecular weight excluding hydrogens is 258 g/mol. The number of aliphatic hydroxyl groups excluding tert-OH is 1. The molecule has 0 radical (unpaired) electrons. The molecule has 0 fully saturated rings. The molecule has 0 amide bonds. The van der Waals surface area contributed by atoms with E-state index in [2.05, 4.69) is 48.2 Å². The van der Waals surface area contributed by atoms with E-state index >= 15 is 0 Å². The molecule has 0 bridgehead atoms. The molecule has 0 aliphatic carbocycles. The number of para-hydroxylation sites is 1. The smallest absolute Gasteiger partial charge is 0.0787 e. The molecule has 1 atom stereocenters. The molecule has 2 nitrogen and oxygen atoms in total. The summed E-state index contributed by atoms with van der Waals surface area (Å²) in [5.74, 6) is 0. The van der Waals surface area contributed by atoms with Gasteiger partial charge in [0.2, 0.25) is 0 Å². The second kappa shape index (κ2) is 7.84. The van der Waals surface area contributed by atoms with Gasteiger partial charge in [-0.15, -0.1) is 0 Å². The van der Waals surface area contributed by atoms with Crippen molar-refractivity contribution in [1.82, 2.24) is 0 Å². The van der Waals surface area contributed by atoms with E-state index in [-0.39, 0.29) is 6.10 Å². The maximum atomic E-state index is 9.90. The summed E-state index contributed by atoms with van der Waals surface area (Å²) in [6.07, 6.45) is 2.72. The summed E-state index contributed by atoms with van der Waals surface area (Å²) in [6.45, 7) is 5.22. The van der Waals surface area contributed by atoms with Crippen molar-refractivity contribution in [3.05, 3.63) is 60.2 Å². The summed E-state index contributed by atoms with van der Waals surface area (Å²) in [6, 6.07) is 18.8. The zero-order chi connectivity index (χ0) is 15.1. The number of hydrogen-bond donors (Lipinski definition) is 1. The Morgan fingerprint density at radius 1 is 0.905 bits per heavy atom.